The van der Waals surface area contributed by atoms with Crippen LogP contribution in [0.3, 0.4) is 0 Å². The summed E-state index contributed by atoms with van der Waals surface area (Å²) in [5, 5.41) is 0. The van der Waals surface area contributed by atoms with Crippen molar-refractivity contribution in [3.8, 4) is 11.3 Å². The van der Waals surface area contributed by atoms with E-state index in [0.29, 0.717) is 5.56 Å². The zero-order valence-corrected chi connectivity index (χ0v) is 12.7. The van der Waals surface area contributed by atoms with E-state index in [2.05, 4.69) is 14.7 Å². The minimum absolute atomic E-state index is 0.208. The molecule has 0 fully saturated rings. The number of hydrogen-bond donors (Lipinski definition) is 0. The Morgan fingerprint density at radius 1 is 1.17 bits per heavy atom. The van der Waals surface area contributed by atoms with E-state index < -0.39 is 29.6 Å². The predicted octanol–water partition coefficient (Wildman–Crippen LogP) is 2.46. The molecule has 1 aromatic carbocycles. The topological polar surface area (TPSA) is 72.4 Å². The van der Waals surface area contributed by atoms with Gasteiger partial charge in [-0.2, -0.15) is 13.2 Å². The fourth-order valence-corrected chi connectivity index (χ4v) is 1.89. The van der Waals surface area contributed by atoms with Gasteiger partial charge in [0.1, 0.15) is 0 Å². The molecule has 0 aliphatic heterocycles. The molecule has 1 amide bonds. The van der Waals surface area contributed by atoms with Crippen LogP contribution < -0.4 is 4.90 Å². The van der Waals surface area contributed by atoms with E-state index in [4.69, 9.17) is 0 Å². The number of ether oxygens (including phenoxy) is 1. The van der Waals surface area contributed by atoms with Gasteiger partial charge in [0.05, 0.1) is 19.0 Å². The summed E-state index contributed by atoms with van der Waals surface area (Å²) in [4.78, 5) is 31.2. The van der Waals surface area contributed by atoms with Crippen LogP contribution >= 0.6 is 0 Å². The van der Waals surface area contributed by atoms with Crippen molar-refractivity contribution < 1.29 is 27.5 Å². The number of carbonyl (C=O) groups excluding carboxylic acids is 2. The molecule has 24 heavy (non-hydrogen) atoms. The largest absolute Gasteiger partial charge is 0.471 e. The molecule has 0 N–H and O–H groups in total. The molecule has 0 aliphatic rings. The summed E-state index contributed by atoms with van der Waals surface area (Å²) in [6, 6.07) is 8.49. The van der Waals surface area contributed by atoms with Gasteiger partial charge >= 0.3 is 18.1 Å². The number of benzene rings is 1. The number of nitrogens with zero attached hydrogens (tertiary/aromatic N) is 3. The number of hydrogen-bond acceptors (Lipinski definition) is 5. The maximum absolute atomic E-state index is 12.7. The number of carbonyl (C=O) groups is 2. The minimum atomic E-state index is -5.12. The Kier molecular flexibility index (Phi) is 4.82. The van der Waals surface area contributed by atoms with Gasteiger partial charge < -0.3 is 4.74 Å². The average molecular weight is 339 g/mol. The fourth-order valence-electron chi connectivity index (χ4n) is 1.89. The third-order valence-electron chi connectivity index (χ3n) is 3.07. The summed E-state index contributed by atoms with van der Waals surface area (Å²) in [5.74, 6) is -3.71. The van der Waals surface area contributed by atoms with Crippen molar-refractivity contribution in [2.45, 2.75) is 6.18 Å². The molecule has 0 atom stereocenters. The lowest BCUT2D eigenvalue weighted by Crippen LogP contribution is -2.40. The zero-order chi connectivity index (χ0) is 17.9. The summed E-state index contributed by atoms with van der Waals surface area (Å²) >= 11 is 0. The summed E-state index contributed by atoms with van der Waals surface area (Å²) in [7, 11) is 1.91. The molecule has 2 aromatic rings. The van der Waals surface area contributed by atoms with E-state index in [1.54, 1.807) is 30.3 Å². The summed E-state index contributed by atoms with van der Waals surface area (Å²) in [5.41, 5.74) is 0.285. The molecule has 6 nitrogen and oxygen atoms in total. The third kappa shape index (κ3) is 3.50. The number of rotatable bonds is 3. The van der Waals surface area contributed by atoms with Gasteiger partial charge in [0.15, 0.2) is 11.5 Å². The van der Waals surface area contributed by atoms with E-state index in [9.17, 15) is 22.8 Å². The Hall–Kier alpha value is -2.97. The summed E-state index contributed by atoms with van der Waals surface area (Å²) in [6.07, 6.45) is -3.90. The van der Waals surface area contributed by atoms with Crippen molar-refractivity contribution in [1.82, 2.24) is 9.97 Å². The van der Waals surface area contributed by atoms with Crippen LogP contribution in [0.2, 0.25) is 0 Å². The second-order valence-electron chi connectivity index (χ2n) is 4.65. The molecule has 0 spiro atoms. The van der Waals surface area contributed by atoms with Gasteiger partial charge in [0.2, 0.25) is 0 Å². The quantitative estimate of drug-likeness (QED) is 0.803. The van der Waals surface area contributed by atoms with E-state index in [1.807, 2.05) is 0 Å². The first-order valence-corrected chi connectivity index (χ1v) is 6.61. The Bertz CT molecular complexity index is 764. The highest BCUT2D eigenvalue weighted by Crippen LogP contribution is 2.26. The maximum Gasteiger partial charge on any atom is 0.471 e. The molecule has 0 unspecified atom stereocenters. The smallest absolute Gasteiger partial charge is 0.464 e. The Morgan fingerprint density at radius 3 is 2.33 bits per heavy atom. The van der Waals surface area contributed by atoms with Crippen molar-refractivity contribution in [3.05, 3.63) is 42.2 Å². The van der Waals surface area contributed by atoms with Gasteiger partial charge in [-0.25, -0.2) is 14.8 Å². The predicted molar refractivity (Wildman–Crippen MR) is 78.3 cm³/mol. The highest BCUT2D eigenvalue weighted by Gasteiger charge is 2.43. The highest BCUT2D eigenvalue weighted by molar-refractivity contribution is 6.02. The van der Waals surface area contributed by atoms with Crippen LogP contribution in [0.4, 0.5) is 19.0 Å². The third-order valence-corrected chi connectivity index (χ3v) is 3.07. The van der Waals surface area contributed by atoms with Crippen molar-refractivity contribution in [1.29, 1.82) is 0 Å². The normalized spacial score (nSPS) is 11.0. The van der Waals surface area contributed by atoms with Crippen molar-refractivity contribution >= 4 is 17.7 Å². The second-order valence-corrected chi connectivity index (χ2v) is 4.65. The molecular formula is C15H12F3N3O3. The Labute approximate surface area is 134 Å². The van der Waals surface area contributed by atoms with Crippen LogP contribution in [-0.4, -0.2) is 42.2 Å². The van der Waals surface area contributed by atoms with Gasteiger partial charge in [0, 0.05) is 12.6 Å². The second kappa shape index (κ2) is 6.65. The number of aromatic nitrogens is 2. The molecule has 1 heterocycles. The summed E-state index contributed by atoms with van der Waals surface area (Å²) in [6.45, 7) is 0. The number of anilines is 1. The molecule has 2 rings (SSSR count). The van der Waals surface area contributed by atoms with Crippen molar-refractivity contribution in [3.63, 3.8) is 0 Å². The zero-order valence-electron chi connectivity index (χ0n) is 12.7. The van der Waals surface area contributed by atoms with Gasteiger partial charge in [-0.1, -0.05) is 30.3 Å². The van der Waals surface area contributed by atoms with Gasteiger partial charge in [-0.3, -0.25) is 9.69 Å². The lowest BCUT2D eigenvalue weighted by molar-refractivity contribution is -0.170. The molecule has 0 saturated heterocycles. The monoisotopic (exact) mass is 339 g/mol. The molecule has 0 saturated carbocycles. The summed E-state index contributed by atoms with van der Waals surface area (Å²) < 4.78 is 42.5. The van der Waals surface area contributed by atoms with Crippen molar-refractivity contribution in [2.75, 3.05) is 19.1 Å². The van der Waals surface area contributed by atoms with E-state index in [1.165, 1.54) is 6.20 Å². The van der Waals surface area contributed by atoms with Crippen LogP contribution in [0.5, 0.6) is 0 Å². The van der Waals surface area contributed by atoms with Gasteiger partial charge in [-0.15, -0.1) is 0 Å². The minimum Gasteiger partial charge on any atom is -0.464 e. The molecule has 126 valence electrons. The number of amides is 1. The first kappa shape index (κ1) is 17.4. The Balaban J connectivity index is 2.57. The number of methoxy groups -OCH3 is 1. The van der Waals surface area contributed by atoms with Crippen LogP contribution in [0.1, 0.15) is 10.5 Å². The molecule has 0 aliphatic carbocycles. The van der Waals surface area contributed by atoms with Gasteiger partial charge in [-0.05, 0) is 0 Å². The van der Waals surface area contributed by atoms with E-state index in [0.717, 1.165) is 14.2 Å². The van der Waals surface area contributed by atoms with Crippen LogP contribution in [0, 0.1) is 0 Å². The molecule has 0 radical (unpaired) electrons. The lowest BCUT2D eigenvalue weighted by atomic mass is 10.1. The van der Waals surface area contributed by atoms with Crippen molar-refractivity contribution in [2.24, 2.45) is 0 Å². The van der Waals surface area contributed by atoms with E-state index >= 15 is 0 Å². The lowest BCUT2D eigenvalue weighted by Gasteiger charge is -2.20. The SMILES string of the molecule is COC(=O)c1ncc(-c2ccccc2)nc1N(C)C(=O)C(F)(F)F. The molecule has 1 aromatic heterocycles. The fraction of sp³-hybridized carbons (Fsp3) is 0.200. The first-order chi connectivity index (χ1) is 11.3. The molecule has 0 bridgehead atoms. The number of alkyl halides is 3. The van der Waals surface area contributed by atoms with E-state index in [-0.39, 0.29) is 10.6 Å². The maximum atomic E-state index is 12.7. The average Bonchev–Trinajstić information content (AvgIpc) is 2.59. The molecular weight excluding hydrogens is 327 g/mol. The first-order valence-electron chi connectivity index (χ1n) is 6.61. The number of esters is 1. The Morgan fingerprint density at radius 2 is 1.79 bits per heavy atom. The van der Waals surface area contributed by atoms with Crippen LogP contribution in [0.15, 0.2) is 36.5 Å². The standard InChI is InChI=1S/C15H12F3N3O3/c1-21(14(23)15(16,17)18)12-11(13(22)24-2)19-8-10(20-12)9-6-4-3-5-7-9/h3-8H,1-2H3. The van der Waals surface area contributed by atoms with Crippen LogP contribution in [-0.2, 0) is 9.53 Å². The van der Waals surface area contributed by atoms with Crippen LogP contribution in [0.25, 0.3) is 11.3 Å². The highest BCUT2D eigenvalue weighted by atomic mass is 19.4. The number of halogens is 3. The van der Waals surface area contributed by atoms with Gasteiger partial charge in [0.25, 0.3) is 0 Å². The molecule has 9 heteroatoms.